The highest BCUT2D eigenvalue weighted by Gasteiger charge is 2.31. The van der Waals surface area contributed by atoms with Crippen LogP contribution in [-0.2, 0) is 22.3 Å². The molecular weight excluding hydrogens is 419 g/mol. The van der Waals surface area contributed by atoms with E-state index in [9.17, 15) is 22.8 Å². The summed E-state index contributed by atoms with van der Waals surface area (Å²) in [6, 6.07) is 9.58. The molecule has 0 aliphatic heterocycles. The van der Waals surface area contributed by atoms with E-state index in [1.807, 2.05) is 6.92 Å². The summed E-state index contributed by atoms with van der Waals surface area (Å²) in [7, 11) is 3.36. The number of likely N-dealkylation sites (N-methyl/N-ethyl adjacent to an activating group) is 1. The highest BCUT2D eigenvalue weighted by atomic mass is 35.5. The lowest BCUT2D eigenvalue weighted by molar-refractivity contribution is -0.139. The van der Waals surface area contributed by atoms with Gasteiger partial charge < -0.3 is 15.5 Å². The molecular formula is C21H23ClF3N3O2. The summed E-state index contributed by atoms with van der Waals surface area (Å²) in [5.41, 5.74) is 1.30. The minimum absolute atomic E-state index is 0.0310. The monoisotopic (exact) mass is 441 g/mol. The highest BCUT2D eigenvalue weighted by Crippen LogP contribution is 2.31. The zero-order valence-electron chi connectivity index (χ0n) is 16.8. The second-order valence-corrected chi connectivity index (χ2v) is 7.50. The molecule has 1 unspecified atom stereocenters. The first-order valence-electron chi connectivity index (χ1n) is 9.13. The van der Waals surface area contributed by atoms with Crippen LogP contribution in [0.15, 0.2) is 42.5 Å². The number of nitrogens with zero attached hydrogens (tertiary/aromatic N) is 1. The van der Waals surface area contributed by atoms with Crippen molar-refractivity contribution in [1.29, 1.82) is 0 Å². The zero-order valence-corrected chi connectivity index (χ0v) is 17.6. The topological polar surface area (TPSA) is 61.4 Å². The number of hydrogen-bond donors (Lipinski definition) is 2. The van der Waals surface area contributed by atoms with Gasteiger partial charge in [0.25, 0.3) is 0 Å². The van der Waals surface area contributed by atoms with Crippen molar-refractivity contribution in [3.8, 4) is 0 Å². The summed E-state index contributed by atoms with van der Waals surface area (Å²) in [6.45, 7) is 1.95. The Morgan fingerprint density at radius 3 is 2.37 bits per heavy atom. The third kappa shape index (κ3) is 6.47. The quantitative estimate of drug-likeness (QED) is 0.672. The van der Waals surface area contributed by atoms with Crippen LogP contribution in [0.4, 0.5) is 13.2 Å². The van der Waals surface area contributed by atoms with Crippen LogP contribution < -0.4 is 10.6 Å². The first-order chi connectivity index (χ1) is 14.0. The molecule has 0 fully saturated rings. The van der Waals surface area contributed by atoms with Crippen LogP contribution in [0.5, 0.6) is 0 Å². The summed E-state index contributed by atoms with van der Waals surface area (Å²) >= 11 is 5.94. The molecule has 2 rings (SSSR count). The number of amides is 2. The predicted octanol–water partition coefficient (Wildman–Crippen LogP) is 3.70. The second-order valence-electron chi connectivity index (χ2n) is 7.07. The second kappa shape index (κ2) is 9.95. The molecule has 9 heteroatoms. The van der Waals surface area contributed by atoms with Crippen LogP contribution in [0.25, 0.3) is 0 Å². The highest BCUT2D eigenvalue weighted by molar-refractivity contribution is 6.35. The van der Waals surface area contributed by atoms with Gasteiger partial charge in [0, 0.05) is 18.1 Å². The van der Waals surface area contributed by atoms with Crippen molar-refractivity contribution in [3.63, 3.8) is 0 Å². The normalized spacial score (nSPS) is 12.5. The SMILES string of the molecule is Cc1ccc(Cl)cc1CNC(=O)C(=O)NCC(c1cccc(C(F)(F)F)c1)N(C)C. The average Bonchev–Trinajstić information content (AvgIpc) is 2.67. The number of hydrogen-bond acceptors (Lipinski definition) is 3. The first-order valence-corrected chi connectivity index (χ1v) is 9.51. The summed E-state index contributed by atoms with van der Waals surface area (Å²) in [5.74, 6) is -1.70. The lowest BCUT2D eigenvalue weighted by Gasteiger charge is -2.25. The van der Waals surface area contributed by atoms with E-state index < -0.39 is 29.6 Å². The number of rotatable bonds is 6. The molecule has 0 spiro atoms. The Kier molecular flexibility index (Phi) is 7.86. The average molecular weight is 442 g/mol. The Labute approximate surface area is 178 Å². The number of carbonyl (C=O) groups excluding carboxylic acids is 2. The van der Waals surface area contributed by atoms with Crippen molar-refractivity contribution in [3.05, 3.63) is 69.7 Å². The fourth-order valence-corrected chi connectivity index (χ4v) is 3.07. The lowest BCUT2D eigenvalue weighted by Crippen LogP contribution is -2.43. The Bertz CT molecular complexity index is 917. The van der Waals surface area contributed by atoms with Gasteiger partial charge in [-0.05, 0) is 62.0 Å². The van der Waals surface area contributed by atoms with Gasteiger partial charge in [-0.2, -0.15) is 13.2 Å². The molecule has 2 aromatic carbocycles. The number of carbonyl (C=O) groups is 2. The van der Waals surface area contributed by atoms with E-state index in [0.717, 1.165) is 23.3 Å². The molecule has 1 atom stereocenters. The fraction of sp³-hybridized carbons (Fsp3) is 0.333. The minimum Gasteiger partial charge on any atom is -0.346 e. The largest absolute Gasteiger partial charge is 0.416 e. The molecule has 0 aliphatic carbocycles. The van der Waals surface area contributed by atoms with E-state index in [-0.39, 0.29) is 13.1 Å². The molecule has 0 saturated carbocycles. The molecule has 0 aromatic heterocycles. The molecule has 0 heterocycles. The maximum Gasteiger partial charge on any atom is 0.416 e. The van der Waals surface area contributed by atoms with Gasteiger partial charge in [-0.3, -0.25) is 9.59 Å². The third-order valence-corrected chi connectivity index (χ3v) is 4.87. The van der Waals surface area contributed by atoms with Gasteiger partial charge in [-0.15, -0.1) is 0 Å². The zero-order chi connectivity index (χ0) is 22.5. The number of aryl methyl sites for hydroxylation is 1. The van der Waals surface area contributed by atoms with Crippen molar-refractivity contribution in [1.82, 2.24) is 15.5 Å². The van der Waals surface area contributed by atoms with Crippen molar-refractivity contribution >= 4 is 23.4 Å². The standard InChI is InChI=1S/C21H23ClF3N3O2/c1-13-7-8-17(22)10-15(13)11-26-19(29)20(30)27-12-18(28(2)3)14-5-4-6-16(9-14)21(23,24)25/h4-10,18H,11-12H2,1-3H3,(H,26,29)(H,27,30). The van der Waals surface area contributed by atoms with Crippen LogP contribution in [0, 0.1) is 6.92 Å². The Morgan fingerprint density at radius 2 is 1.73 bits per heavy atom. The van der Waals surface area contributed by atoms with E-state index in [1.54, 1.807) is 43.3 Å². The van der Waals surface area contributed by atoms with Crippen molar-refractivity contribution < 1.29 is 22.8 Å². The number of alkyl halides is 3. The smallest absolute Gasteiger partial charge is 0.346 e. The van der Waals surface area contributed by atoms with Crippen LogP contribution in [0.1, 0.15) is 28.3 Å². The van der Waals surface area contributed by atoms with E-state index >= 15 is 0 Å². The van der Waals surface area contributed by atoms with Gasteiger partial charge in [-0.1, -0.05) is 29.8 Å². The van der Waals surface area contributed by atoms with Crippen LogP contribution in [-0.4, -0.2) is 37.4 Å². The van der Waals surface area contributed by atoms with E-state index in [0.29, 0.717) is 10.6 Å². The number of nitrogens with one attached hydrogen (secondary N) is 2. The number of benzene rings is 2. The summed E-state index contributed by atoms with van der Waals surface area (Å²) in [5, 5.41) is 5.52. The van der Waals surface area contributed by atoms with Gasteiger partial charge >= 0.3 is 18.0 Å². The Balaban J connectivity index is 2.00. The molecule has 0 radical (unpaired) electrons. The first kappa shape index (κ1) is 23.7. The molecule has 0 bridgehead atoms. The minimum atomic E-state index is -4.46. The molecule has 2 amide bonds. The Hall–Kier alpha value is -2.58. The van der Waals surface area contributed by atoms with E-state index in [1.165, 1.54) is 6.07 Å². The maximum atomic E-state index is 13.0. The van der Waals surface area contributed by atoms with Gasteiger partial charge in [0.05, 0.1) is 11.6 Å². The van der Waals surface area contributed by atoms with Crippen LogP contribution in [0.3, 0.4) is 0 Å². The molecule has 2 N–H and O–H groups in total. The summed E-state index contributed by atoms with van der Waals surface area (Å²) < 4.78 is 39.0. The van der Waals surface area contributed by atoms with Gasteiger partial charge in [-0.25, -0.2) is 0 Å². The molecule has 0 saturated heterocycles. The molecule has 2 aromatic rings. The Morgan fingerprint density at radius 1 is 1.07 bits per heavy atom. The van der Waals surface area contributed by atoms with Gasteiger partial charge in [0.15, 0.2) is 0 Å². The van der Waals surface area contributed by atoms with Crippen LogP contribution in [0.2, 0.25) is 5.02 Å². The van der Waals surface area contributed by atoms with Crippen molar-refractivity contribution in [2.24, 2.45) is 0 Å². The fourth-order valence-electron chi connectivity index (χ4n) is 2.88. The van der Waals surface area contributed by atoms with Crippen molar-refractivity contribution in [2.45, 2.75) is 25.7 Å². The van der Waals surface area contributed by atoms with E-state index in [2.05, 4.69) is 10.6 Å². The van der Waals surface area contributed by atoms with E-state index in [4.69, 9.17) is 11.6 Å². The predicted molar refractivity (Wildman–Crippen MR) is 109 cm³/mol. The molecule has 30 heavy (non-hydrogen) atoms. The molecule has 162 valence electrons. The molecule has 0 aliphatic rings. The number of halogens is 4. The van der Waals surface area contributed by atoms with Gasteiger partial charge in [0.2, 0.25) is 0 Å². The summed E-state index contributed by atoms with van der Waals surface area (Å²) in [4.78, 5) is 25.9. The maximum absolute atomic E-state index is 13.0. The summed E-state index contributed by atoms with van der Waals surface area (Å²) in [6.07, 6.45) is -4.46. The van der Waals surface area contributed by atoms with Crippen molar-refractivity contribution in [2.75, 3.05) is 20.6 Å². The van der Waals surface area contributed by atoms with Crippen LogP contribution >= 0.6 is 11.6 Å². The van der Waals surface area contributed by atoms with Gasteiger partial charge in [0.1, 0.15) is 0 Å². The lowest BCUT2D eigenvalue weighted by atomic mass is 10.0. The molecule has 5 nitrogen and oxygen atoms in total. The third-order valence-electron chi connectivity index (χ3n) is 4.63.